The summed E-state index contributed by atoms with van der Waals surface area (Å²) in [6, 6.07) is 0.256. The van der Waals surface area contributed by atoms with Gasteiger partial charge in [0, 0.05) is 32.4 Å². The van der Waals surface area contributed by atoms with Gasteiger partial charge in [0.1, 0.15) is 10.3 Å². The second kappa shape index (κ2) is 7.49. The first-order chi connectivity index (χ1) is 13.7. The molecular weight excluding hydrogens is 450 g/mol. The third kappa shape index (κ3) is 3.23. The van der Waals surface area contributed by atoms with Gasteiger partial charge in [-0.1, -0.05) is 11.6 Å². The number of nitrogens with one attached hydrogen (secondary N) is 1. The maximum Gasteiger partial charge on any atom is 0.258 e. The van der Waals surface area contributed by atoms with Crippen molar-refractivity contribution in [3.8, 4) is 5.88 Å². The van der Waals surface area contributed by atoms with E-state index in [2.05, 4.69) is 36.3 Å². The van der Waals surface area contributed by atoms with Gasteiger partial charge < -0.3 is 14.8 Å². The van der Waals surface area contributed by atoms with Crippen LogP contribution in [0.2, 0.25) is 5.15 Å². The Balaban J connectivity index is 1.56. The second-order valence-corrected chi connectivity index (χ2v) is 7.99. The van der Waals surface area contributed by atoms with Gasteiger partial charge in [-0.2, -0.15) is 10.1 Å². The van der Waals surface area contributed by atoms with E-state index in [4.69, 9.17) is 26.2 Å². The molecule has 3 aromatic heterocycles. The van der Waals surface area contributed by atoms with E-state index in [9.17, 15) is 0 Å². The number of ether oxygens (including phenoxy) is 2. The summed E-state index contributed by atoms with van der Waals surface area (Å²) in [6.45, 7) is 2.69. The van der Waals surface area contributed by atoms with Gasteiger partial charge in [0.2, 0.25) is 5.95 Å². The summed E-state index contributed by atoms with van der Waals surface area (Å²) in [5.74, 6) is 0.986. The normalized spacial score (nSPS) is 20.1. The van der Waals surface area contributed by atoms with Crippen LogP contribution in [-0.4, -0.2) is 49.3 Å². The summed E-state index contributed by atoms with van der Waals surface area (Å²) in [6.07, 6.45) is 5.39. The fraction of sp³-hybridized carbons (Fsp3) is 0.529. The maximum absolute atomic E-state index is 6.21. The van der Waals surface area contributed by atoms with Crippen LogP contribution < -0.4 is 10.1 Å². The molecular formula is C17H19BrClN7O2. The zero-order valence-electron chi connectivity index (χ0n) is 15.1. The van der Waals surface area contributed by atoms with Crippen LogP contribution in [0.15, 0.2) is 10.8 Å². The smallest absolute Gasteiger partial charge is 0.258 e. The summed E-state index contributed by atoms with van der Waals surface area (Å²) >= 11 is 9.92. The largest absolute Gasteiger partial charge is 0.475 e. The van der Waals surface area contributed by atoms with Crippen LogP contribution in [-0.2, 0) is 11.3 Å². The van der Waals surface area contributed by atoms with Crippen molar-refractivity contribution in [2.75, 3.05) is 25.1 Å². The molecule has 148 valence electrons. The molecule has 9 nitrogen and oxygen atoms in total. The van der Waals surface area contributed by atoms with E-state index in [-0.39, 0.29) is 6.04 Å². The van der Waals surface area contributed by atoms with Gasteiger partial charge in [0.15, 0.2) is 10.8 Å². The molecule has 2 bridgehead atoms. The molecule has 0 amide bonds. The van der Waals surface area contributed by atoms with Crippen LogP contribution in [0.5, 0.6) is 5.88 Å². The summed E-state index contributed by atoms with van der Waals surface area (Å²) in [5, 5.41) is 13.5. The average Bonchev–Trinajstić information content (AvgIpc) is 3.01. The summed E-state index contributed by atoms with van der Waals surface area (Å²) in [4.78, 5) is 9.01. The number of hydrogen-bond acceptors (Lipinski definition) is 7. The lowest BCUT2D eigenvalue weighted by atomic mass is 10.1. The van der Waals surface area contributed by atoms with Crippen molar-refractivity contribution in [2.24, 2.45) is 0 Å². The zero-order chi connectivity index (χ0) is 19.1. The lowest BCUT2D eigenvalue weighted by Gasteiger charge is -2.15. The van der Waals surface area contributed by atoms with Crippen molar-refractivity contribution in [1.82, 2.24) is 29.5 Å². The van der Waals surface area contributed by atoms with Gasteiger partial charge in [-0.3, -0.25) is 0 Å². The van der Waals surface area contributed by atoms with Crippen LogP contribution in [0, 0.1) is 0 Å². The van der Waals surface area contributed by atoms with Crippen molar-refractivity contribution < 1.29 is 9.47 Å². The molecule has 1 N–H and O–H groups in total. The van der Waals surface area contributed by atoms with Crippen LogP contribution >= 0.6 is 27.5 Å². The summed E-state index contributed by atoms with van der Waals surface area (Å²) in [5.41, 5.74) is 1.43. The lowest BCUT2D eigenvalue weighted by molar-refractivity contribution is 0.141. The van der Waals surface area contributed by atoms with Gasteiger partial charge in [-0.25, -0.2) is 14.3 Å². The minimum Gasteiger partial charge on any atom is -0.475 e. The number of fused-ring (bicyclic) bond motifs is 2. The van der Waals surface area contributed by atoms with Crippen LogP contribution in [0.3, 0.4) is 0 Å². The van der Waals surface area contributed by atoms with Crippen LogP contribution in [0.25, 0.3) is 11.0 Å². The number of anilines is 2. The molecule has 1 fully saturated rings. The molecule has 0 radical (unpaired) electrons. The number of aromatic nitrogens is 6. The highest BCUT2D eigenvalue weighted by Gasteiger charge is 2.25. The van der Waals surface area contributed by atoms with Crippen molar-refractivity contribution >= 4 is 50.2 Å². The molecule has 0 aliphatic carbocycles. The first kappa shape index (κ1) is 18.1. The Bertz CT molecular complexity index is 1010. The average molecular weight is 469 g/mol. The van der Waals surface area contributed by atoms with Gasteiger partial charge in [-0.15, -0.1) is 5.10 Å². The Labute approximate surface area is 174 Å². The van der Waals surface area contributed by atoms with E-state index in [1.165, 1.54) is 0 Å². The van der Waals surface area contributed by atoms with E-state index in [0.29, 0.717) is 35.8 Å². The maximum atomic E-state index is 6.21. The molecule has 1 saturated heterocycles. The highest BCUT2D eigenvalue weighted by atomic mass is 79.9. The SMILES string of the molecule is Clc1nn2c3nc(ncc13)Nc1c(nn(C3CCCOCC3)c1Br)OCCC2. The Morgan fingerprint density at radius 1 is 1.18 bits per heavy atom. The van der Waals surface area contributed by atoms with Crippen LogP contribution in [0.1, 0.15) is 31.7 Å². The van der Waals surface area contributed by atoms with Gasteiger partial charge in [0.25, 0.3) is 5.88 Å². The molecule has 5 heterocycles. The minimum atomic E-state index is 0.256. The highest BCUT2D eigenvalue weighted by molar-refractivity contribution is 9.10. The van der Waals surface area contributed by atoms with Gasteiger partial charge in [-0.05, 0) is 35.2 Å². The summed E-state index contributed by atoms with van der Waals surface area (Å²) < 4.78 is 16.2. The quantitative estimate of drug-likeness (QED) is 0.582. The molecule has 0 spiro atoms. The fourth-order valence-corrected chi connectivity index (χ4v) is 4.47. The third-order valence-electron chi connectivity index (χ3n) is 5.02. The molecule has 3 aromatic rings. The minimum absolute atomic E-state index is 0.256. The third-order valence-corrected chi connectivity index (χ3v) is 6.06. The first-order valence-corrected chi connectivity index (χ1v) is 10.5. The topological polar surface area (TPSA) is 91.9 Å². The van der Waals surface area contributed by atoms with Crippen molar-refractivity contribution in [1.29, 1.82) is 0 Å². The van der Waals surface area contributed by atoms with E-state index >= 15 is 0 Å². The molecule has 0 aromatic carbocycles. The van der Waals surface area contributed by atoms with Crippen LogP contribution in [0.4, 0.5) is 11.6 Å². The van der Waals surface area contributed by atoms with E-state index in [0.717, 1.165) is 54.6 Å². The number of aryl methyl sites for hydroxylation is 1. The molecule has 0 saturated carbocycles. The molecule has 2 aliphatic heterocycles. The Kier molecular flexibility index (Phi) is 4.85. The number of hydrogen-bond donors (Lipinski definition) is 1. The molecule has 5 rings (SSSR count). The molecule has 11 heteroatoms. The zero-order valence-corrected chi connectivity index (χ0v) is 17.4. The lowest BCUT2D eigenvalue weighted by Crippen LogP contribution is -2.12. The van der Waals surface area contributed by atoms with Crippen molar-refractivity contribution in [3.63, 3.8) is 0 Å². The summed E-state index contributed by atoms with van der Waals surface area (Å²) in [7, 11) is 0. The molecule has 28 heavy (non-hydrogen) atoms. The van der Waals surface area contributed by atoms with Crippen molar-refractivity contribution in [3.05, 3.63) is 16.0 Å². The highest BCUT2D eigenvalue weighted by Crippen LogP contribution is 2.38. The van der Waals surface area contributed by atoms with Crippen molar-refractivity contribution in [2.45, 2.75) is 38.3 Å². The Morgan fingerprint density at radius 3 is 3.04 bits per heavy atom. The monoisotopic (exact) mass is 467 g/mol. The molecule has 1 unspecified atom stereocenters. The Hall–Kier alpha value is -1.91. The number of rotatable bonds is 1. The number of halogens is 2. The fourth-order valence-electron chi connectivity index (χ4n) is 3.61. The van der Waals surface area contributed by atoms with Gasteiger partial charge in [0.05, 0.1) is 18.0 Å². The van der Waals surface area contributed by atoms with E-state index in [1.54, 1.807) is 10.9 Å². The Morgan fingerprint density at radius 2 is 2.11 bits per heavy atom. The standard InChI is InChI=1S/C17H19BrClN7O2/c18-13-12-16(24-26(13)10-3-1-6-27-8-4-10)28-7-2-5-25-15-11(14(19)23-25)9-20-17(21-12)22-15/h9-10H,1-8H2,(H,20,21,22). The second-order valence-electron chi connectivity index (χ2n) is 6.88. The van der Waals surface area contributed by atoms with E-state index in [1.807, 2.05) is 4.68 Å². The first-order valence-electron chi connectivity index (χ1n) is 9.35. The van der Waals surface area contributed by atoms with Gasteiger partial charge >= 0.3 is 0 Å². The predicted molar refractivity (Wildman–Crippen MR) is 107 cm³/mol. The molecule has 1 atom stereocenters. The number of nitrogens with zero attached hydrogens (tertiary/aromatic N) is 6. The van der Waals surface area contributed by atoms with E-state index < -0.39 is 0 Å². The molecule has 2 aliphatic rings. The predicted octanol–water partition coefficient (Wildman–Crippen LogP) is 3.71.